The van der Waals surface area contributed by atoms with Crippen LogP contribution in [0.25, 0.3) is 21.5 Å². The summed E-state index contributed by atoms with van der Waals surface area (Å²) in [5.41, 5.74) is 2.94. The number of thiazole rings is 1. The average molecular weight is 659 g/mol. The number of fused-ring (bicyclic) bond motifs is 3. The molecule has 10 nitrogen and oxygen atoms in total. The second kappa shape index (κ2) is 11.2. The molecule has 2 aliphatic carbocycles. The molecule has 4 atom stereocenters. The molecule has 4 aromatic rings. The number of aliphatic hydroxyl groups excluding tert-OH is 1. The van der Waals surface area contributed by atoms with Crippen molar-refractivity contribution >= 4 is 55.8 Å². The van der Waals surface area contributed by atoms with E-state index in [1.54, 1.807) is 35.2 Å². The van der Waals surface area contributed by atoms with Crippen LogP contribution in [0.5, 0.6) is 5.75 Å². The minimum Gasteiger partial charge on any atom is -0.486 e. The van der Waals surface area contributed by atoms with Crippen LogP contribution in [-0.2, 0) is 20.9 Å². The van der Waals surface area contributed by atoms with Gasteiger partial charge in [-0.1, -0.05) is 45.8 Å². The lowest BCUT2D eigenvalue weighted by molar-refractivity contribution is -0.126. The molecule has 0 radical (unpaired) electrons. The van der Waals surface area contributed by atoms with E-state index in [-0.39, 0.29) is 36.7 Å². The van der Waals surface area contributed by atoms with Crippen LogP contribution in [0.1, 0.15) is 61.2 Å². The lowest BCUT2D eigenvalue weighted by Gasteiger charge is -2.29. The summed E-state index contributed by atoms with van der Waals surface area (Å²) >= 11 is 14.4. The number of aliphatic hydroxyl groups is 2. The summed E-state index contributed by atoms with van der Waals surface area (Å²) in [6.45, 7) is 1.32. The highest BCUT2D eigenvalue weighted by Crippen LogP contribution is 2.49. The highest BCUT2D eigenvalue weighted by atomic mass is 35.5. The molecule has 4 heterocycles. The van der Waals surface area contributed by atoms with Gasteiger partial charge in [-0.25, -0.2) is 4.98 Å². The smallest absolute Gasteiger partial charge is 0.234 e. The van der Waals surface area contributed by atoms with Gasteiger partial charge in [-0.05, 0) is 49.9 Å². The van der Waals surface area contributed by atoms with Crippen LogP contribution in [0.2, 0.25) is 10.0 Å². The van der Waals surface area contributed by atoms with E-state index in [9.17, 15) is 15.0 Å². The first-order valence-corrected chi connectivity index (χ1v) is 16.4. The van der Waals surface area contributed by atoms with Crippen LogP contribution < -0.4 is 9.64 Å². The molecular formula is C31H29Cl2N3O7S. The van der Waals surface area contributed by atoms with Crippen molar-refractivity contribution in [2.75, 3.05) is 18.1 Å². The van der Waals surface area contributed by atoms with Crippen molar-refractivity contribution in [1.29, 1.82) is 0 Å². The van der Waals surface area contributed by atoms with E-state index in [2.05, 4.69) is 5.16 Å². The summed E-state index contributed by atoms with van der Waals surface area (Å²) < 4.78 is 24.6. The molecule has 2 saturated heterocycles. The molecule has 2 aromatic carbocycles. The summed E-state index contributed by atoms with van der Waals surface area (Å²) in [6.07, 6.45) is 2.08. The molecule has 4 fully saturated rings. The van der Waals surface area contributed by atoms with Crippen molar-refractivity contribution in [3.8, 4) is 17.0 Å². The standard InChI is InChI=1S/C31H29Cl2N3O7S/c32-20-2-1-3-21(33)25(20)26-19(28(43-35-26)14-4-5-14)13-41-22-11-16-10-18(22)29(37)36(16)31-34-27-23(42-17-6-7-40-12-17)8-15(30(38)39)9-24(27)44-31/h1-3,8-9,14,16-18,22,30,38-39H,4-7,10-13H2/t16-,17-,18+,22+/m0/s1. The van der Waals surface area contributed by atoms with Gasteiger partial charge in [0.2, 0.25) is 5.91 Å². The summed E-state index contributed by atoms with van der Waals surface area (Å²) in [4.78, 5) is 20.3. The van der Waals surface area contributed by atoms with Crippen LogP contribution in [-0.4, -0.2) is 57.7 Å². The minimum absolute atomic E-state index is 0.0264. The zero-order chi connectivity index (χ0) is 30.1. The fourth-order valence-electron chi connectivity index (χ4n) is 6.61. The van der Waals surface area contributed by atoms with E-state index in [0.717, 1.165) is 30.6 Å². The Balaban J connectivity index is 1.03. The van der Waals surface area contributed by atoms with Crippen LogP contribution in [0.15, 0.2) is 34.9 Å². The second-order valence-electron chi connectivity index (χ2n) is 11.9. The number of halogens is 2. The molecule has 8 rings (SSSR count). The number of piperidine rings is 1. The molecule has 13 heteroatoms. The number of rotatable bonds is 9. The van der Waals surface area contributed by atoms with Gasteiger partial charge in [-0.3, -0.25) is 9.69 Å². The topological polar surface area (TPSA) is 127 Å². The van der Waals surface area contributed by atoms with Crippen molar-refractivity contribution in [2.24, 2.45) is 5.92 Å². The third-order valence-electron chi connectivity index (χ3n) is 8.96. The summed E-state index contributed by atoms with van der Waals surface area (Å²) in [6, 6.07) is 8.56. The Morgan fingerprint density at radius 3 is 2.66 bits per heavy atom. The zero-order valence-corrected chi connectivity index (χ0v) is 25.8. The van der Waals surface area contributed by atoms with Crippen molar-refractivity contribution in [3.63, 3.8) is 0 Å². The summed E-state index contributed by atoms with van der Waals surface area (Å²) in [5.74, 6) is 1.23. The fourth-order valence-corrected chi connectivity index (χ4v) is 8.30. The number of aromatic nitrogens is 2. The van der Waals surface area contributed by atoms with Crippen LogP contribution in [0, 0.1) is 5.92 Å². The molecule has 2 bridgehead atoms. The zero-order valence-electron chi connectivity index (χ0n) is 23.4. The van der Waals surface area contributed by atoms with Gasteiger partial charge in [0.05, 0.1) is 46.6 Å². The Morgan fingerprint density at radius 1 is 1.14 bits per heavy atom. The molecule has 2 N–H and O–H groups in total. The number of amides is 1. The second-order valence-corrected chi connectivity index (χ2v) is 13.7. The maximum absolute atomic E-state index is 13.7. The Hall–Kier alpha value is -2.77. The van der Waals surface area contributed by atoms with Crippen molar-refractivity contribution < 1.29 is 33.7 Å². The Labute approximate surface area is 266 Å². The first-order chi connectivity index (χ1) is 21.4. The molecule has 44 heavy (non-hydrogen) atoms. The van der Waals surface area contributed by atoms with Gasteiger partial charge in [0.25, 0.3) is 0 Å². The summed E-state index contributed by atoms with van der Waals surface area (Å²) in [7, 11) is 0. The number of hydrogen-bond donors (Lipinski definition) is 2. The van der Waals surface area contributed by atoms with Gasteiger partial charge < -0.3 is 28.9 Å². The van der Waals surface area contributed by atoms with Gasteiger partial charge >= 0.3 is 0 Å². The largest absolute Gasteiger partial charge is 0.486 e. The molecule has 4 aliphatic rings. The predicted octanol–water partition coefficient (Wildman–Crippen LogP) is 6.00. The van der Waals surface area contributed by atoms with Gasteiger partial charge in [0, 0.05) is 35.1 Å². The maximum atomic E-state index is 13.7. The molecule has 1 amide bonds. The van der Waals surface area contributed by atoms with E-state index in [0.29, 0.717) is 79.9 Å². The fraction of sp³-hybridized carbons (Fsp3) is 0.452. The normalized spacial score (nSPS) is 24.8. The Bertz CT molecular complexity index is 1730. The quantitative estimate of drug-likeness (QED) is 0.208. The predicted molar refractivity (Wildman–Crippen MR) is 163 cm³/mol. The van der Waals surface area contributed by atoms with Gasteiger partial charge in [0.1, 0.15) is 28.8 Å². The van der Waals surface area contributed by atoms with E-state index in [1.807, 2.05) is 0 Å². The van der Waals surface area contributed by atoms with Crippen molar-refractivity contribution in [2.45, 2.75) is 69.2 Å². The minimum atomic E-state index is -1.66. The monoisotopic (exact) mass is 657 g/mol. The van der Waals surface area contributed by atoms with E-state index < -0.39 is 6.29 Å². The maximum Gasteiger partial charge on any atom is 0.234 e. The summed E-state index contributed by atoms with van der Waals surface area (Å²) in [5, 5.41) is 25.7. The number of nitrogens with zero attached hydrogens (tertiary/aromatic N) is 3. The Kier molecular flexibility index (Phi) is 7.33. The SMILES string of the molecule is O=C1[C@@H]2C[C@@H](C[C@H]2OCc2c(-c3c(Cl)cccc3Cl)noc2C2CC2)N1c1nc2c(O[C@H]3CCOC3)cc(C(O)O)cc2s1. The average Bonchev–Trinajstić information content (AvgIpc) is 3.44. The Morgan fingerprint density at radius 2 is 1.95 bits per heavy atom. The van der Waals surface area contributed by atoms with Crippen LogP contribution in [0.4, 0.5) is 5.13 Å². The molecule has 0 spiro atoms. The lowest BCUT2D eigenvalue weighted by atomic mass is 10.0. The first-order valence-electron chi connectivity index (χ1n) is 14.8. The van der Waals surface area contributed by atoms with E-state index in [4.69, 9.17) is 46.9 Å². The van der Waals surface area contributed by atoms with Gasteiger partial charge in [-0.15, -0.1) is 0 Å². The van der Waals surface area contributed by atoms with Crippen molar-refractivity contribution in [1.82, 2.24) is 10.1 Å². The van der Waals surface area contributed by atoms with Crippen molar-refractivity contribution in [3.05, 3.63) is 57.3 Å². The highest BCUT2D eigenvalue weighted by molar-refractivity contribution is 7.22. The van der Waals surface area contributed by atoms with Gasteiger partial charge in [-0.2, -0.15) is 0 Å². The van der Waals surface area contributed by atoms with Crippen LogP contribution >= 0.6 is 34.5 Å². The van der Waals surface area contributed by atoms with E-state index >= 15 is 0 Å². The number of hydrogen-bond acceptors (Lipinski definition) is 10. The number of benzene rings is 2. The third kappa shape index (κ3) is 4.99. The molecule has 2 aliphatic heterocycles. The van der Waals surface area contributed by atoms with Crippen LogP contribution in [0.3, 0.4) is 0 Å². The first kappa shape index (κ1) is 28.7. The third-order valence-corrected chi connectivity index (χ3v) is 10.6. The lowest BCUT2D eigenvalue weighted by Crippen LogP contribution is -2.43. The number of carbonyl (C=O) groups is 1. The highest BCUT2D eigenvalue weighted by Gasteiger charge is 2.53. The van der Waals surface area contributed by atoms with E-state index in [1.165, 1.54) is 11.3 Å². The number of carbonyl (C=O) groups excluding carboxylic acids is 1. The molecular weight excluding hydrogens is 629 g/mol. The molecule has 0 unspecified atom stereocenters. The molecule has 2 saturated carbocycles. The molecule has 230 valence electrons. The molecule has 2 aromatic heterocycles. The number of ether oxygens (including phenoxy) is 3. The number of anilines is 1. The van der Waals surface area contributed by atoms with Gasteiger partial charge in [0.15, 0.2) is 11.4 Å².